The zero-order valence-corrected chi connectivity index (χ0v) is 12.7. The summed E-state index contributed by atoms with van der Waals surface area (Å²) in [5.74, 6) is 0.392. The highest BCUT2D eigenvalue weighted by atomic mass is 16.2. The second-order valence-corrected chi connectivity index (χ2v) is 6.23. The molecule has 2 heterocycles. The fourth-order valence-electron chi connectivity index (χ4n) is 3.54. The molecule has 2 rings (SSSR count). The van der Waals surface area contributed by atoms with Crippen LogP contribution in [0.3, 0.4) is 0 Å². The molecular weight excluding hydrogens is 238 g/mol. The second kappa shape index (κ2) is 6.23. The van der Waals surface area contributed by atoms with Crippen molar-refractivity contribution in [1.82, 2.24) is 15.1 Å². The van der Waals surface area contributed by atoms with E-state index >= 15 is 0 Å². The van der Waals surface area contributed by atoms with E-state index in [-0.39, 0.29) is 5.41 Å². The van der Waals surface area contributed by atoms with Gasteiger partial charge in [-0.2, -0.15) is 0 Å². The van der Waals surface area contributed by atoms with Crippen LogP contribution in [-0.4, -0.2) is 61.0 Å². The van der Waals surface area contributed by atoms with Crippen LogP contribution in [-0.2, 0) is 4.79 Å². The first kappa shape index (κ1) is 14.8. The second-order valence-electron chi connectivity index (χ2n) is 6.23. The molecule has 4 nitrogen and oxygen atoms in total. The maximum Gasteiger partial charge on any atom is 0.228 e. The first-order chi connectivity index (χ1) is 9.10. The molecule has 2 saturated heterocycles. The van der Waals surface area contributed by atoms with Gasteiger partial charge in [0.05, 0.1) is 0 Å². The van der Waals surface area contributed by atoms with Gasteiger partial charge in [-0.15, -0.1) is 0 Å². The molecular formula is C15H29N3O. The van der Waals surface area contributed by atoms with Crippen LogP contribution in [0.1, 0.15) is 40.0 Å². The van der Waals surface area contributed by atoms with Gasteiger partial charge in [0, 0.05) is 24.5 Å². The molecule has 0 spiro atoms. The molecule has 0 aliphatic carbocycles. The molecule has 2 aliphatic rings. The highest BCUT2D eigenvalue weighted by Gasteiger charge is 2.40. The Morgan fingerprint density at radius 3 is 2.53 bits per heavy atom. The lowest BCUT2D eigenvalue weighted by Gasteiger charge is -2.36. The number of likely N-dealkylation sites (tertiary alicyclic amines) is 1. The van der Waals surface area contributed by atoms with Gasteiger partial charge < -0.3 is 10.2 Å². The van der Waals surface area contributed by atoms with Crippen LogP contribution >= 0.6 is 0 Å². The van der Waals surface area contributed by atoms with Gasteiger partial charge >= 0.3 is 0 Å². The van der Waals surface area contributed by atoms with Crippen molar-refractivity contribution < 1.29 is 4.79 Å². The summed E-state index contributed by atoms with van der Waals surface area (Å²) in [5, 5.41) is 3.35. The molecule has 19 heavy (non-hydrogen) atoms. The topological polar surface area (TPSA) is 35.6 Å². The molecule has 0 aromatic rings. The average Bonchev–Trinajstić information content (AvgIpc) is 2.90. The van der Waals surface area contributed by atoms with E-state index < -0.39 is 0 Å². The first-order valence-corrected chi connectivity index (χ1v) is 7.85. The summed E-state index contributed by atoms with van der Waals surface area (Å²) >= 11 is 0. The molecule has 0 radical (unpaired) electrons. The minimum atomic E-state index is -0.122. The normalized spacial score (nSPS) is 26.9. The maximum absolute atomic E-state index is 12.7. The van der Waals surface area contributed by atoms with Gasteiger partial charge in [0.1, 0.15) is 0 Å². The van der Waals surface area contributed by atoms with Gasteiger partial charge in [-0.1, -0.05) is 20.8 Å². The number of hydrogen-bond donors (Lipinski definition) is 1. The molecule has 4 heteroatoms. The molecule has 1 N–H and O–H groups in total. The SMILES string of the molecule is CCN(CC)C1CCN(C(=O)C2(C)CCNCC2)C1. The molecule has 0 saturated carbocycles. The van der Waals surface area contributed by atoms with Crippen molar-refractivity contribution in [3.63, 3.8) is 0 Å². The summed E-state index contributed by atoms with van der Waals surface area (Å²) in [7, 11) is 0. The molecule has 1 unspecified atom stereocenters. The molecule has 2 aliphatic heterocycles. The fourth-order valence-corrected chi connectivity index (χ4v) is 3.54. The van der Waals surface area contributed by atoms with Crippen molar-refractivity contribution in [2.75, 3.05) is 39.3 Å². The zero-order chi connectivity index (χ0) is 13.9. The van der Waals surface area contributed by atoms with Crippen LogP contribution in [0.25, 0.3) is 0 Å². The quantitative estimate of drug-likeness (QED) is 0.834. The Kier molecular flexibility index (Phi) is 4.85. The van der Waals surface area contributed by atoms with Crippen LogP contribution < -0.4 is 5.32 Å². The van der Waals surface area contributed by atoms with E-state index in [1.54, 1.807) is 0 Å². The van der Waals surface area contributed by atoms with E-state index in [9.17, 15) is 4.79 Å². The number of hydrogen-bond acceptors (Lipinski definition) is 3. The van der Waals surface area contributed by atoms with Crippen molar-refractivity contribution >= 4 is 5.91 Å². The van der Waals surface area contributed by atoms with E-state index in [2.05, 4.69) is 35.9 Å². The summed E-state index contributed by atoms with van der Waals surface area (Å²) in [6, 6.07) is 0.573. The Balaban J connectivity index is 1.94. The predicted molar refractivity (Wildman–Crippen MR) is 78.1 cm³/mol. The summed E-state index contributed by atoms with van der Waals surface area (Å²) < 4.78 is 0. The number of rotatable bonds is 4. The molecule has 110 valence electrons. The lowest BCUT2D eigenvalue weighted by atomic mass is 9.80. The lowest BCUT2D eigenvalue weighted by molar-refractivity contribution is -0.141. The number of carbonyl (C=O) groups is 1. The minimum Gasteiger partial charge on any atom is -0.341 e. The fraction of sp³-hybridized carbons (Fsp3) is 0.933. The van der Waals surface area contributed by atoms with Gasteiger partial charge in [0.2, 0.25) is 5.91 Å². The number of likely N-dealkylation sites (N-methyl/N-ethyl adjacent to an activating group) is 1. The van der Waals surface area contributed by atoms with Crippen molar-refractivity contribution in [2.24, 2.45) is 5.41 Å². The lowest BCUT2D eigenvalue weighted by Crippen LogP contribution is -2.48. The molecule has 0 bridgehead atoms. The van der Waals surface area contributed by atoms with Gasteiger partial charge in [-0.05, 0) is 45.4 Å². The van der Waals surface area contributed by atoms with Crippen LogP contribution in [0, 0.1) is 5.41 Å². The summed E-state index contributed by atoms with van der Waals surface area (Å²) in [5.41, 5.74) is -0.122. The molecule has 2 fully saturated rings. The van der Waals surface area contributed by atoms with Gasteiger partial charge in [0.15, 0.2) is 0 Å². The van der Waals surface area contributed by atoms with Gasteiger partial charge in [-0.25, -0.2) is 0 Å². The maximum atomic E-state index is 12.7. The van der Waals surface area contributed by atoms with E-state index in [1.165, 1.54) is 0 Å². The summed E-state index contributed by atoms with van der Waals surface area (Å²) in [6.45, 7) is 12.6. The van der Waals surface area contributed by atoms with Crippen LogP contribution in [0.5, 0.6) is 0 Å². The van der Waals surface area contributed by atoms with Gasteiger partial charge in [0.25, 0.3) is 0 Å². The third-order valence-electron chi connectivity index (χ3n) is 5.00. The standard InChI is InChI=1S/C15H29N3O/c1-4-17(5-2)13-6-11-18(12-13)14(19)15(3)7-9-16-10-8-15/h13,16H,4-12H2,1-3H3. The Hall–Kier alpha value is -0.610. The van der Waals surface area contributed by atoms with Crippen molar-refractivity contribution in [1.29, 1.82) is 0 Å². The molecule has 1 atom stereocenters. The number of carbonyl (C=O) groups excluding carboxylic acids is 1. The van der Waals surface area contributed by atoms with Gasteiger partial charge in [-0.3, -0.25) is 9.69 Å². The Morgan fingerprint density at radius 2 is 1.95 bits per heavy atom. The Morgan fingerprint density at radius 1 is 1.32 bits per heavy atom. The zero-order valence-electron chi connectivity index (χ0n) is 12.7. The highest BCUT2D eigenvalue weighted by Crippen LogP contribution is 2.32. The molecule has 0 aromatic carbocycles. The largest absolute Gasteiger partial charge is 0.341 e. The van der Waals surface area contributed by atoms with E-state index in [1.807, 2.05) is 0 Å². The smallest absolute Gasteiger partial charge is 0.228 e. The van der Waals surface area contributed by atoms with E-state index in [4.69, 9.17) is 0 Å². The van der Waals surface area contributed by atoms with Crippen LogP contribution in [0.4, 0.5) is 0 Å². The molecule has 0 aromatic heterocycles. The monoisotopic (exact) mass is 267 g/mol. The van der Waals surface area contributed by atoms with E-state index in [0.717, 1.165) is 58.5 Å². The average molecular weight is 267 g/mol. The van der Waals surface area contributed by atoms with Crippen LogP contribution in [0.15, 0.2) is 0 Å². The number of nitrogens with zero attached hydrogens (tertiary/aromatic N) is 2. The summed E-state index contributed by atoms with van der Waals surface area (Å²) in [6.07, 6.45) is 3.11. The molecule has 1 amide bonds. The van der Waals surface area contributed by atoms with Crippen molar-refractivity contribution in [3.05, 3.63) is 0 Å². The van der Waals surface area contributed by atoms with E-state index in [0.29, 0.717) is 11.9 Å². The summed E-state index contributed by atoms with van der Waals surface area (Å²) in [4.78, 5) is 17.4. The first-order valence-electron chi connectivity index (χ1n) is 7.85. The minimum absolute atomic E-state index is 0.122. The Labute approximate surface area is 117 Å². The van der Waals surface area contributed by atoms with Crippen molar-refractivity contribution in [3.8, 4) is 0 Å². The van der Waals surface area contributed by atoms with Crippen molar-refractivity contribution in [2.45, 2.75) is 46.1 Å². The number of piperidine rings is 1. The predicted octanol–water partition coefficient (Wildman–Crippen LogP) is 1.32. The highest BCUT2D eigenvalue weighted by molar-refractivity contribution is 5.82. The number of amides is 1. The van der Waals surface area contributed by atoms with Crippen LogP contribution in [0.2, 0.25) is 0 Å². The third-order valence-corrected chi connectivity index (χ3v) is 5.00. The number of nitrogens with one attached hydrogen (secondary N) is 1. The Bertz CT molecular complexity index is 309. The third kappa shape index (κ3) is 3.11.